The zero-order valence-corrected chi connectivity index (χ0v) is 7.56. The summed E-state index contributed by atoms with van der Waals surface area (Å²) in [7, 11) is 0. The molecule has 1 N–H and O–H groups in total. The average molecular weight is 202 g/mol. The van der Waals surface area contributed by atoms with E-state index in [-0.39, 0.29) is 6.61 Å². The molecule has 0 amide bonds. The molecule has 0 bridgehead atoms. The number of hydrogen-bond acceptors (Lipinski definition) is 6. The maximum Gasteiger partial charge on any atom is 0.337 e. The van der Waals surface area contributed by atoms with Crippen molar-refractivity contribution in [1.82, 2.24) is 0 Å². The SMILES string of the molecule is CC(=O)OC[C@@]1(CO)OC=CC(=O)O1. The maximum absolute atomic E-state index is 10.8. The Labute approximate surface area is 80.1 Å². The third-order valence-corrected chi connectivity index (χ3v) is 1.51. The number of carbonyl (C=O) groups is 2. The lowest BCUT2D eigenvalue weighted by atomic mass is 10.3. The number of rotatable bonds is 3. The van der Waals surface area contributed by atoms with Crippen LogP contribution in [0, 0.1) is 0 Å². The van der Waals surface area contributed by atoms with Crippen molar-refractivity contribution < 1.29 is 28.9 Å². The molecule has 0 saturated heterocycles. The molecular weight excluding hydrogens is 192 g/mol. The van der Waals surface area contributed by atoms with Gasteiger partial charge < -0.3 is 19.3 Å². The van der Waals surface area contributed by atoms with Gasteiger partial charge in [0.1, 0.15) is 6.61 Å². The van der Waals surface area contributed by atoms with Crippen LogP contribution in [0.5, 0.6) is 0 Å². The largest absolute Gasteiger partial charge is 0.457 e. The molecule has 6 nitrogen and oxygen atoms in total. The summed E-state index contributed by atoms with van der Waals surface area (Å²) in [4.78, 5) is 21.3. The van der Waals surface area contributed by atoms with E-state index < -0.39 is 24.3 Å². The number of aliphatic hydroxyl groups excluding tert-OH is 1. The van der Waals surface area contributed by atoms with Crippen molar-refractivity contribution >= 4 is 11.9 Å². The Morgan fingerprint density at radius 3 is 2.93 bits per heavy atom. The minimum atomic E-state index is -1.60. The van der Waals surface area contributed by atoms with Gasteiger partial charge in [0.15, 0.2) is 6.61 Å². The van der Waals surface area contributed by atoms with Crippen molar-refractivity contribution in [2.45, 2.75) is 12.7 Å². The van der Waals surface area contributed by atoms with Crippen LogP contribution in [-0.2, 0) is 23.8 Å². The van der Waals surface area contributed by atoms with Gasteiger partial charge in [0, 0.05) is 6.92 Å². The molecule has 1 heterocycles. The van der Waals surface area contributed by atoms with Crippen LogP contribution in [-0.4, -0.2) is 36.0 Å². The Morgan fingerprint density at radius 1 is 1.71 bits per heavy atom. The molecule has 78 valence electrons. The first kappa shape index (κ1) is 10.5. The fourth-order valence-electron chi connectivity index (χ4n) is 0.845. The van der Waals surface area contributed by atoms with Gasteiger partial charge in [-0.3, -0.25) is 4.79 Å². The van der Waals surface area contributed by atoms with Gasteiger partial charge in [0.05, 0.1) is 12.3 Å². The third kappa shape index (κ3) is 2.46. The Hall–Kier alpha value is -1.56. The van der Waals surface area contributed by atoms with E-state index in [2.05, 4.69) is 4.74 Å². The van der Waals surface area contributed by atoms with Crippen LogP contribution in [0.3, 0.4) is 0 Å². The zero-order valence-electron chi connectivity index (χ0n) is 7.56. The summed E-state index contributed by atoms with van der Waals surface area (Å²) >= 11 is 0. The maximum atomic E-state index is 10.8. The molecule has 0 aromatic carbocycles. The topological polar surface area (TPSA) is 82.1 Å². The minimum Gasteiger partial charge on any atom is -0.457 e. The van der Waals surface area contributed by atoms with Crippen LogP contribution < -0.4 is 0 Å². The summed E-state index contributed by atoms with van der Waals surface area (Å²) in [6.07, 6.45) is 2.15. The molecular formula is C8H10O6. The highest BCUT2D eigenvalue weighted by atomic mass is 16.7. The number of esters is 2. The molecule has 1 rings (SSSR count). The van der Waals surface area contributed by atoms with Crippen molar-refractivity contribution in [2.75, 3.05) is 13.2 Å². The van der Waals surface area contributed by atoms with Gasteiger partial charge in [0.25, 0.3) is 0 Å². The summed E-state index contributed by atoms with van der Waals surface area (Å²) in [5.74, 6) is -2.80. The van der Waals surface area contributed by atoms with E-state index in [1.807, 2.05) is 0 Å². The summed E-state index contributed by atoms with van der Waals surface area (Å²) in [6.45, 7) is 0.275. The van der Waals surface area contributed by atoms with Gasteiger partial charge in [-0.25, -0.2) is 4.79 Å². The molecule has 1 aliphatic rings. The van der Waals surface area contributed by atoms with Crippen LogP contribution in [0.4, 0.5) is 0 Å². The van der Waals surface area contributed by atoms with Crippen molar-refractivity contribution in [2.24, 2.45) is 0 Å². The van der Waals surface area contributed by atoms with Gasteiger partial charge in [-0.2, -0.15) is 0 Å². The third-order valence-electron chi connectivity index (χ3n) is 1.51. The highest BCUT2D eigenvalue weighted by Crippen LogP contribution is 2.18. The van der Waals surface area contributed by atoms with Crippen molar-refractivity contribution in [1.29, 1.82) is 0 Å². The van der Waals surface area contributed by atoms with Crippen LogP contribution in [0.25, 0.3) is 0 Å². The first-order valence-electron chi connectivity index (χ1n) is 3.89. The predicted molar refractivity (Wildman–Crippen MR) is 42.8 cm³/mol. The Balaban J connectivity index is 2.62. The highest BCUT2D eigenvalue weighted by Gasteiger charge is 2.38. The number of ether oxygens (including phenoxy) is 3. The van der Waals surface area contributed by atoms with Crippen molar-refractivity contribution in [3.8, 4) is 0 Å². The fraction of sp³-hybridized carbons (Fsp3) is 0.500. The van der Waals surface area contributed by atoms with Crippen molar-refractivity contribution in [3.05, 3.63) is 12.3 Å². The van der Waals surface area contributed by atoms with Crippen LogP contribution in [0.1, 0.15) is 6.92 Å². The lowest BCUT2D eigenvalue weighted by Gasteiger charge is -2.31. The van der Waals surface area contributed by atoms with Crippen LogP contribution in [0.2, 0.25) is 0 Å². The summed E-state index contributed by atoms with van der Waals surface area (Å²) in [5, 5.41) is 8.94. The summed E-state index contributed by atoms with van der Waals surface area (Å²) < 4.78 is 14.2. The van der Waals surface area contributed by atoms with E-state index in [0.29, 0.717) is 0 Å². The molecule has 14 heavy (non-hydrogen) atoms. The molecule has 1 atom stereocenters. The lowest BCUT2D eigenvalue weighted by molar-refractivity contribution is -0.246. The predicted octanol–water partition coefficient (Wildman–Crippen LogP) is -0.675. The van der Waals surface area contributed by atoms with Gasteiger partial charge in [-0.1, -0.05) is 0 Å². The van der Waals surface area contributed by atoms with Gasteiger partial charge in [0.2, 0.25) is 0 Å². The highest BCUT2D eigenvalue weighted by molar-refractivity contribution is 5.82. The van der Waals surface area contributed by atoms with Gasteiger partial charge in [-0.05, 0) is 0 Å². The molecule has 0 aliphatic carbocycles. The Kier molecular flexibility index (Phi) is 3.08. The van der Waals surface area contributed by atoms with Crippen LogP contribution >= 0.6 is 0 Å². The normalized spacial score (nSPS) is 25.1. The molecule has 0 unspecified atom stereocenters. The van der Waals surface area contributed by atoms with E-state index in [1.165, 1.54) is 6.92 Å². The van der Waals surface area contributed by atoms with E-state index in [4.69, 9.17) is 14.6 Å². The lowest BCUT2D eigenvalue weighted by Crippen LogP contribution is -2.46. The molecule has 0 saturated carbocycles. The first-order valence-corrected chi connectivity index (χ1v) is 3.89. The molecule has 0 aromatic heterocycles. The quantitative estimate of drug-likeness (QED) is 0.611. The van der Waals surface area contributed by atoms with E-state index >= 15 is 0 Å². The first-order chi connectivity index (χ1) is 6.58. The zero-order chi connectivity index (χ0) is 10.6. The smallest absolute Gasteiger partial charge is 0.337 e. The molecule has 0 fully saturated rings. The second-order valence-corrected chi connectivity index (χ2v) is 2.69. The number of hydrogen-bond donors (Lipinski definition) is 1. The molecule has 0 radical (unpaired) electrons. The molecule has 0 aromatic rings. The number of aliphatic hydroxyl groups is 1. The fourth-order valence-corrected chi connectivity index (χ4v) is 0.845. The summed E-state index contributed by atoms with van der Waals surface area (Å²) in [6, 6.07) is 0. The number of carbonyl (C=O) groups excluding carboxylic acids is 2. The second kappa shape index (κ2) is 4.10. The molecule has 0 spiro atoms. The Morgan fingerprint density at radius 2 is 2.43 bits per heavy atom. The van der Waals surface area contributed by atoms with Gasteiger partial charge >= 0.3 is 17.7 Å². The van der Waals surface area contributed by atoms with E-state index in [1.54, 1.807) is 0 Å². The van der Waals surface area contributed by atoms with E-state index in [0.717, 1.165) is 12.3 Å². The Bertz CT molecular complexity index is 271. The monoisotopic (exact) mass is 202 g/mol. The standard InChI is InChI=1S/C8H10O6/c1-6(10)12-5-8(4-9)13-3-2-7(11)14-8/h2-3,9H,4-5H2,1H3/t8-/m0/s1. The van der Waals surface area contributed by atoms with Crippen molar-refractivity contribution in [3.63, 3.8) is 0 Å². The minimum absolute atomic E-state index is 0.338. The van der Waals surface area contributed by atoms with Crippen LogP contribution in [0.15, 0.2) is 12.3 Å². The van der Waals surface area contributed by atoms with E-state index in [9.17, 15) is 9.59 Å². The number of cyclic esters (lactones) is 1. The average Bonchev–Trinajstić information content (AvgIpc) is 2.15. The molecule has 6 heteroatoms. The summed E-state index contributed by atoms with van der Waals surface area (Å²) in [5.41, 5.74) is 0. The molecule has 1 aliphatic heterocycles. The second-order valence-electron chi connectivity index (χ2n) is 2.69. The van der Waals surface area contributed by atoms with Gasteiger partial charge in [-0.15, -0.1) is 0 Å².